The van der Waals surface area contributed by atoms with E-state index in [4.69, 9.17) is 11.5 Å². The fraction of sp³-hybridized carbons (Fsp3) is 0.500. The van der Waals surface area contributed by atoms with Crippen LogP contribution in [0, 0.1) is 12.8 Å². The molecule has 0 amide bonds. The van der Waals surface area contributed by atoms with Crippen molar-refractivity contribution < 1.29 is 5.11 Å². The number of hydrogen-bond acceptors (Lipinski definition) is 3. The molecule has 2 rings (SSSR count). The summed E-state index contributed by atoms with van der Waals surface area (Å²) in [7, 11) is 0. The number of nitrogens with two attached hydrogens (primary N) is 2. The average Bonchev–Trinajstić information content (AvgIpc) is 2.96. The van der Waals surface area contributed by atoms with Gasteiger partial charge < -0.3 is 16.6 Å². The largest absolute Gasteiger partial charge is 0.505 e. The highest BCUT2D eigenvalue weighted by molar-refractivity contribution is 5.59. The summed E-state index contributed by atoms with van der Waals surface area (Å²) in [5, 5.41) is 9.88. The lowest BCUT2D eigenvalue weighted by molar-refractivity contribution is 0.457. The molecular formula is C12H18N2O. The summed E-state index contributed by atoms with van der Waals surface area (Å²) in [6.07, 6.45) is 3.50. The second-order valence-electron chi connectivity index (χ2n) is 4.52. The van der Waals surface area contributed by atoms with Crippen molar-refractivity contribution in [3.63, 3.8) is 0 Å². The van der Waals surface area contributed by atoms with Gasteiger partial charge in [0.25, 0.3) is 0 Å². The number of anilines is 1. The van der Waals surface area contributed by atoms with Crippen molar-refractivity contribution >= 4 is 5.69 Å². The first-order chi connectivity index (χ1) is 7.09. The molecule has 0 saturated heterocycles. The zero-order valence-corrected chi connectivity index (χ0v) is 9.03. The van der Waals surface area contributed by atoms with Gasteiger partial charge in [0.1, 0.15) is 5.75 Å². The molecule has 0 aromatic heterocycles. The van der Waals surface area contributed by atoms with E-state index >= 15 is 0 Å². The average molecular weight is 206 g/mol. The first-order valence-electron chi connectivity index (χ1n) is 5.43. The second kappa shape index (κ2) is 3.74. The van der Waals surface area contributed by atoms with Gasteiger partial charge in [-0.3, -0.25) is 0 Å². The van der Waals surface area contributed by atoms with Gasteiger partial charge >= 0.3 is 0 Å². The second-order valence-corrected chi connectivity index (χ2v) is 4.52. The van der Waals surface area contributed by atoms with E-state index in [1.807, 2.05) is 13.0 Å². The lowest BCUT2D eigenvalue weighted by atomic mass is 9.96. The van der Waals surface area contributed by atoms with Crippen LogP contribution in [0.2, 0.25) is 0 Å². The number of hydrogen-bond donors (Lipinski definition) is 3. The van der Waals surface area contributed by atoms with Crippen LogP contribution in [-0.2, 0) is 0 Å². The zero-order chi connectivity index (χ0) is 11.0. The van der Waals surface area contributed by atoms with E-state index in [1.54, 1.807) is 6.07 Å². The van der Waals surface area contributed by atoms with Gasteiger partial charge in [-0.2, -0.15) is 0 Å². The summed E-state index contributed by atoms with van der Waals surface area (Å²) in [6, 6.07) is 3.55. The Morgan fingerprint density at radius 2 is 2.13 bits per heavy atom. The first kappa shape index (κ1) is 10.3. The number of phenols is 1. The van der Waals surface area contributed by atoms with Crippen LogP contribution in [-0.4, -0.2) is 5.11 Å². The third kappa shape index (κ3) is 2.07. The van der Waals surface area contributed by atoms with E-state index < -0.39 is 0 Å². The predicted octanol–water partition coefficient (Wildman–Crippen LogP) is 2.08. The summed E-state index contributed by atoms with van der Waals surface area (Å²) < 4.78 is 0. The molecule has 1 aliphatic rings. The molecule has 1 aromatic carbocycles. The highest BCUT2D eigenvalue weighted by Crippen LogP contribution is 2.40. The number of aryl methyl sites for hydroxylation is 1. The third-order valence-electron chi connectivity index (χ3n) is 3.12. The molecule has 5 N–H and O–H groups in total. The van der Waals surface area contributed by atoms with E-state index in [0.29, 0.717) is 5.69 Å². The molecule has 1 aromatic rings. The molecule has 1 aliphatic carbocycles. The van der Waals surface area contributed by atoms with E-state index in [1.165, 1.54) is 12.8 Å². The van der Waals surface area contributed by atoms with Gasteiger partial charge in [0, 0.05) is 11.6 Å². The lowest BCUT2D eigenvalue weighted by Crippen LogP contribution is -2.13. The van der Waals surface area contributed by atoms with E-state index in [2.05, 4.69) is 0 Å². The van der Waals surface area contributed by atoms with Crippen molar-refractivity contribution in [1.82, 2.24) is 0 Å². The van der Waals surface area contributed by atoms with Gasteiger partial charge in [0.2, 0.25) is 0 Å². The topological polar surface area (TPSA) is 72.3 Å². The van der Waals surface area contributed by atoms with Gasteiger partial charge in [-0.1, -0.05) is 18.9 Å². The van der Waals surface area contributed by atoms with Crippen LogP contribution in [0.5, 0.6) is 5.75 Å². The van der Waals surface area contributed by atoms with Crippen molar-refractivity contribution in [2.24, 2.45) is 11.7 Å². The summed E-state index contributed by atoms with van der Waals surface area (Å²) >= 11 is 0. The maximum absolute atomic E-state index is 9.88. The van der Waals surface area contributed by atoms with E-state index in [9.17, 15) is 5.11 Å². The predicted molar refractivity (Wildman–Crippen MR) is 61.5 cm³/mol. The first-order valence-corrected chi connectivity index (χ1v) is 5.43. The van der Waals surface area contributed by atoms with Crippen LogP contribution in [0.15, 0.2) is 12.1 Å². The Kier molecular flexibility index (Phi) is 2.57. The van der Waals surface area contributed by atoms with Crippen LogP contribution in [0.3, 0.4) is 0 Å². The molecule has 1 atom stereocenters. The van der Waals surface area contributed by atoms with Crippen molar-refractivity contribution in [2.75, 3.05) is 5.73 Å². The van der Waals surface area contributed by atoms with Crippen LogP contribution >= 0.6 is 0 Å². The molecule has 1 saturated carbocycles. The molecule has 0 bridgehead atoms. The lowest BCUT2D eigenvalue weighted by Gasteiger charge is -2.17. The minimum absolute atomic E-state index is 0.0824. The molecular weight excluding hydrogens is 188 g/mol. The number of nitrogen functional groups attached to an aromatic ring is 1. The standard InChI is InChI=1S/C12H18N2O/c1-7-2-5-9(13)12(15)11(7)10(14)6-8-3-4-8/h2,5,8,10,15H,3-4,6,13-14H2,1H3/t10-/m1/s1. The Bertz CT molecular complexity index is 372. The Balaban J connectivity index is 2.27. The zero-order valence-electron chi connectivity index (χ0n) is 9.03. The monoisotopic (exact) mass is 206 g/mol. The summed E-state index contributed by atoms with van der Waals surface area (Å²) in [5.41, 5.74) is 14.0. The van der Waals surface area contributed by atoms with Crippen molar-refractivity contribution in [2.45, 2.75) is 32.2 Å². The molecule has 0 unspecified atom stereocenters. The fourth-order valence-corrected chi connectivity index (χ4v) is 2.02. The molecule has 1 fully saturated rings. The highest BCUT2D eigenvalue weighted by atomic mass is 16.3. The van der Waals surface area contributed by atoms with Gasteiger partial charge in [0.05, 0.1) is 5.69 Å². The van der Waals surface area contributed by atoms with Gasteiger partial charge in [0.15, 0.2) is 0 Å². The van der Waals surface area contributed by atoms with Crippen LogP contribution in [0.4, 0.5) is 5.69 Å². The Hall–Kier alpha value is -1.22. The Morgan fingerprint density at radius 3 is 2.73 bits per heavy atom. The van der Waals surface area contributed by atoms with Crippen molar-refractivity contribution in [3.05, 3.63) is 23.3 Å². The van der Waals surface area contributed by atoms with Gasteiger partial charge in [-0.15, -0.1) is 0 Å². The van der Waals surface area contributed by atoms with Gasteiger partial charge in [-0.05, 0) is 30.9 Å². The molecule has 82 valence electrons. The van der Waals surface area contributed by atoms with Crippen LogP contribution in [0.25, 0.3) is 0 Å². The van der Waals surface area contributed by atoms with Crippen LogP contribution < -0.4 is 11.5 Å². The molecule has 0 spiro atoms. The maximum atomic E-state index is 9.88. The summed E-state index contributed by atoms with van der Waals surface area (Å²) in [4.78, 5) is 0. The number of benzene rings is 1. The number of rotatable bonds is 3. The number of aromatic hydroxyl groups is 1. The molecule has 0 aliphatic heterocycles. The molecule has 0 radical (unpaired) electrons. The van der Waals surface area contributed by atoms with Crippen molar-refractivity contribution in [3.8, 4) is 5.75 Å². The molecule has 3 nitrogen and oxygen atoms in total. The fourth-order valence-electron chi connectivity index (χ4n) is 2.02. The molecule has 15 heavy (non-hydrogen) atoms. The van der Waals surface area contributed by atoms with E-state index in [0.717, 1.165) is 23.5 Å². The SMILES string of the molecule is Cc1ccc(N)c(O)c1[C@H](N)CC1CC1. The smallest absolute Gasteiger partial charge is 0.143 e. The summed E-state index contributed by atoms with van der Waals surface area (Å²) in [6.45, 7) is 1.96. The quantitative estimate of drug-likeness (QED) is 0.523. The van der Waals surface area contributed by atoms with E-state index in [-0.39, 0.29) is 11.8 Å². The number of phenolic OH excluding ortho intramolecular Hbond substituents is 1. The maximum Gasteiger partial charge on any atom is 0.143 e. The van der Waals surface area contributed by atoms with Crippen molar-refractivity contribution in [1.29, 1.82) is 0 Å². The minimum atomic E-state index is -0.0824. The molecule has 3 heteroatoms. The Morgan fingerprint density at radius 1 is 1.47 bits per heavy atom. The summed E-state index contributed by atoms with van der Waals surface area (Å²) in [5.74, 6) is 0.920. The minimum Gasteiger partial charge on any atom is -0.505 e. The Labute approximate surface area is 90.1 Å². The molecule has 0 heterocycles. The van der Waals surface area contributed by atoms with Gasteiger partial charge in [-0.25, -0.2) is 0 Å². The van der Waals surface area contributed by atoms with Crippen LogP contribution in [0.1, 0.15) is 36.4 Å². The third-order valence-corrected chi connectivity index (χ3v) is 3.12. The highest BCUT2D eigenvalue weighted by Gasteiger charge is 2.26. The normalized spacial score (nSPS) is 17.7.